The highest BCUT2D eigenvalue weighted by atomic mass is 16.3. The van der Waals surface area contributed by atoms with Gasteiger partial charge in [-0.05, 0) is 30.8 Å². The second-order valence-electron chi connectivity index (χ2n) is 4.18. The molecule has 0 bridgehead atoms. The molecule has 0 aliphatic heterocycles. The van der Waals surface area contributed by atoms with Gasteiger partial charge in [-0.15, -0.1) is 0 Å². The second-order valence-corrected chi connectivity index (χ2v) is 4.18. The minimum atomic E-state index is -0.302. The predicted molar refractivity (Wildman–Crippen MR) is 54.8 cm³/mol. The highest BCUT2D eigenvalue weighted by molar-refractivity contribution is 5.79. The summed E-state index contributed by atoms with van der Waals surface area (Å²) in [5.41, 5.74) is 1.32. The summed E-state index contributed by atoms with van der Waals surface area (Å²) >= 11 is 0. The van der Waals surface area contributed by atoms with Crippen LogP contribution in [0.4, 0.5) is 0 Å². The van der Waals surface area contributed by atoms with Crippen LogP contribution in [0.1, 0.15) is 32.1 Å². The average molecular weight is 192 g/mol. The lowest BCUT2D eigenvalue weighted by Gasteiger charge is -2.24. The molecule has 0 aromatic heterocycles. The van der Waals surface area contributed by atoms with Crippen LogP contribution in [0.15, 0.2) is 23.8 Å². The summed E-state index contributed by atoms with van der Waals surface area (Å²) in [5.74, 6) is 0.957. The summed E-state index contributed by atoms with van der Waals surface area (Å²) in [7, 11) is 0. The van der Waals surface area contributed by atoms with Crippen molar-refractivity contribution in [2.75, 3.05) is 0 Å². The molecule has 2 heteroatoms. The third-order valence-corrected chi connectivity index (χ3v) is 3.12. The van der Waals surface area contributed by atoms with Gasteiger partial charge in [-0.2, -0.15) is 0 Å². The first-order chi connectivity index (χ1) is 6.75. The van der Waals surface area contributed by atoms with Crippen LogP contribution < -0.4 is 0 Å². The van der Waals surface area contributed by atoms with Gasteiger partial charge >= 0.3 is 0 Å². The zero-order valence-corrected chi connectivity index (χ0v) is 8.28. The Morgan fingerprint density at radius 2 is 2.00 bits per heavy atom. The third kappa shape index (κ3) is 2.13. The Morgan fingerprint density at radius 3 is 2.57 bits per heavy atom. The molecule has 0 amide bonds. The van der Waals surface area contributed by atoms with Crippen molar-refractivity contribution in [2.24, 2.45) is 5.92 Å². The van der Waals surface area contributed by atoms with Crippen LogP contribution >= 0.6 is 0 Å². The Labute approximate surface area is 84.3 Å². The maximum atomic E-state index is 11.1. The SMILES string of the molecule is O=C1CCC(C2=CCC(O)C=C2)CC1. The molecule has 0 heterocycles. The summed E-state index contributed by atoms with van der Waals surface area (Å²) in [5, 5.41) is 9.28. The van der Waals surface area contributed by atoms with Crippen LogP contribution in [0.3, 0.4) is 0 Å². The van der Waals surface area contributed by atoms with Crippen LogP contribution in [0.5, 0.6) is 0 Å². The molecular weight excluding hydrogens is 176 g/mol. The zero-order chi connectivity index (χ0) is 9.97. The smallest absolute Gasteiger partial charge is 0.132 e. The number of aliphatic hydroxyl groups excluding tert-OH is 1. The Bertz CT molecular complexity index is 279. The standard InChI is InChI=1S/C12H16O2/c13-11-5-1-9(2-6-11)10-3-7-12(14)8-4-10/h1-2,5,10-11,13H,3-4,6-8H2. The molecule has 2 aliphatic rings. The second kappa shape index (κ2) is 4.09. The lowest BCUT2D eigenvalue weighted by molar-refractivity contribution is -0.120. The average Bonchev–Trinajstić information content (AvgIpc) is 2.21. The first-order valence-electron chi connectivity index (χ1n) is 5.34. The number of Topliss-reactive ketones (excluding diaryl/α,β-unsaturated/α-hetero) is 1. The van der Waals surface area contributed by atoms with E-state index in [4.69, 9.17) is 0 Å². The van der Waals surface area contributed by atoms with Crippen molar-refractivity contribution in [3.05, 3.63) is 23.8 Å². The number of rotatable bonds is 1. The highest BCUT2D eigenvalue weighted by Gasteiger charge is 2.21. The van der Waals surface area contributed by atoms with Gasteiger partial charge in [-0.3, -0.25) is 4.79 Å². The molecule has 0 aromatic rings. The topological polar surface area (TPSA) is 37.3 Å². The van der Waals surface area contributed by atoms with Gasteiger partial charge in [0.15, 0.2) is 0 Å². The van der Waals surface area contributed by atoms with E-state index in [2.05, 4.69) is 6.08 Å². The van der Waals surface area contributed by atoms with Crippen LogP contribution in [-0.4, -0.2) is 17.0 Å². The Morgan fingerprint density at radius 1 is 1.29 bits per heavy atom. The maximum Gasteiger partial charge on any atom is 0.132 e. The number of allylic oxidation sites excluding steroid dienone is 2. The number of aliphatic hydroxyl groups is 1. The molecule has 1 fully saturated rings. The van der Waals surface area contributed by atoms with Gasteiger partial charge < -0.3 is 5.11 Å². The van der Waals surface area contributed by atoms with Gasteiger partial charge in [0, 0.05) is 12.8 Å². The predicted octanol–water partition coefficient (Wildman–Crippen LogP) is 1.99. The zero-order valence-electron chi connectivity index (χ0n) is 8.28. The molecule has 0 spiro atoms. The molecule has 0 saturated heterocycles. The minimum Gasteiger partial charge on any atom is -0.389 e. The first-order valence-corrected chi connectivity index (χ1v) is 5.34. The number of ketones is 1. The van der Waals surface area contributed by atoms with Crippen molar-refractivity contribution in [3.8, 4) is 0 Å². The van der Waals surface area contributed by atoms with Crippen molar-refractivity contribution in [1.82, 2.24) is 0 Å². The number of carbonyl (C=O) groups excluding carboxylic acids is 1. The van der Waals surface area contributed by atoms with Crippen LogP contribution in [0.25, 0.3) is 0 Å². The van der Waals surface area contributed by atoms with E-state index < -0.39 is 0 Å². The summed E-state index contributed by atoms with van der Waals surface area (Å²) in [4.78, 5) is 11.1. The van der Waals surface area contributed by atoms with Gasteiger partial charge in [0.05, 0.1) is 6.10 Å². The molecule has 2 rings (SSSR count). The molecule has 76 valence electrons. The molecule has 1 atom stereocenters. The Kier molecular flexibility index (Phi) is 2.82. The minimum absolute atomic E-state index is 0.302. The van der Waals surface area contributed by atoms with Crippen LogP contribution in [0.2, 0.25) is 0 Å². The largest absolute Gasteiger partial charge is 0.389 e. The van der Waals surface area contributed by atoms with Gasteiger partial charge in [-0.1, -0.05) is 18.2 Å². The van der Waals surface area contributed by atoms with Gasteiger partial charge in [0.2, 0.25) is 0 Å². The summed E-state index contributed by atoms with van der Waals surface area (Å²) in [6.45, 7) is 0. The van der Waals surface area contributed by atoms with Crippen LogP contribution in [-0.2, 0) is 4.79 Å². The fourth-order valence-corrected chi connectivity index (χ4v) is 2.20. The van der Waals surface area contributed by atoms with Crippen molar-refractivity contribution in [3.63, 3.8) is 0 Å². The van der Waals surface area contributed by atoms with E-state index in [0.717, 1.165) is 32.1 Å². The molecule has 1 N–H and O–H groups in total. The number of hydrogen-bond donors (Lipinski definition) is 1. The monoisotopic (exact) mass is 192 g/mol. The molecule has 1 unspecified atom stereocenters. The fourth-order valence-electron chi connectivity index (χ4n) is 2.20. The van der Waals surface area contributed by atoms with E-state index in [0.29, 0.717) is 11.7 Å². The van der Waals surface area contributed by atoms with Crippen LogP contribution in [0, 0.1) is 5.92 Å². The lowest BCUT2D eigenvalue weighted by Crippen LogP contribution is -2.17. The number of carbonyl (C=O) groups is 1. The molecule has 0 radical (unpaired) electrons. The van der Waals surface area contributed by atoms with E-state index in [-0.39, 0.29) is 6.10 Å². The highest BCUT2D eigenvalue weighted by Crippen LogP contribution is 2.30. The molecule has 14 heavy (non-hydrogen) atoms. The molecule has 2 aliphatic carbocycles. The Hall–Kier alpha value is -0.890. The lowest BCUT2D eigenvalue weighted by atomic mass is 9.81. The van der Waals surface area contributed by atoms with E-state index in [1.54, 1.807) is 0 Å². The summed E-state index contributed by atoms with van der Waals surface area (Å²) in [6, 6.07) is 0. The van der Waals surface area contributed by atoms with E-state index in [1.807, 2.05) is 12.2 Å². The van der Waals surface area contributed by atoms with Gasteiger partial charge in [0.1, 0.15) is 5.78 Å². The molecule has 1 saturated carbocycles. The van der Waals surface area contributed by atoms with Crippen molar-refractivity contribution < 1.29 is 9.90 Å². The third-order valence-electron chi connectivity index (χ3n) is 3.12. The normalized spacial score (nSPS) is 29.1. The first kappa shape index (κ1) is 9.66. The van der Waals surface area contributed by atoms with Gasteiger partial charge in [0.25, 0.3) is 0 Å². The van der Waals surface area contributed by atoms with E-state index >= 15 is 0 Å². The van der Waals surface area contributed by atoms with E-state index in [1.165, 1.54) is 5.57 Å². The molecule has 2 nitrogen and oxygen atoms in total. The molecular formula is C12H16O2. The quantitative estimate of drug-likeness (QED) is 0.690. The summed E-state index contributed by atoms with van der Waals surface area (Å²) in [6.07, 6.45) is 9.87. The Balaban J connectivity index is 1.96. The summed E-state index contributed by atoms with van der Waals surface area (Å²) < 4.78 is 0. The van der Waals surface area contributed by atoms with Crippen molar-refractivity contribution >= 4 is 5.78 Å². The van der Waals surface area contributed by atoms with E-state index in [9.17, 15) is 9.90 Å². The van der Waals surface area contributed by atoms with Gasteiger partial charge in [-0.25, -0.2) is 0 Å². The molecule has 0 aromatic carbocycles. The maximum absolute atomic E-state index is 11.1. The number of hydrogen-bond acceptors (Lipinski definition) is 2. The van der Waals surface area contributed by atoms with Crippen molar-refractivity contribution in [2.45, 2.75) is 38.2 Å². The fraction of sp³-hybridized carbons (Fsp3) is 0.583. The van der Waals surface area contributed by atoms with Crippen molar-refractivity contribution in [1.29, 1.82) is 0 Å².